The highest BCUT2D eigenvalue weighted by Gasteiger charge is 2.44. The second-order valence-electron chi connectivity index (χ2n) is 9.94. The van der Waals surface area contributed by atoms with Gasteiger partial charge in [0.2, 0.25) is 0 Å². The first-order valence-corrected chi connectivity index (χ1v) is 12.6. The molecule has 8 nitrogen and oxygen atoms in total. The van der Waals surface area contributed by atoms with Crippen molar-refractivity contribution in [3.8, 4) is 11.8 Å². The van der Waals surface area contributed by atoms with Crippen LogP contribution in [-0.2, 0) is 0 Å². The van der Waals surface area contributed by atoms with Crippen LogP contribution in [0.1, 0.15) is 52.0 Å². The highest BCUT2D eigenvalue weighted by molar-refractivity contribution is 6.31. The van der Waals surface area contributed by atoms with Gasteiger partial charge in [-0.05, 0) is 55.3 Å². The van der Waals surface area contributed by atoms with E-state index in [2.05, 4.69) is 16.7 Å². The molecule has 2 unspecified atom stereocenters. The average Bonchev–Trinajstić information content (AvgIpc) is 3.53. The minimum atomic E-state index is -1.08. The molecule has 2 atom stereocenters. The number of halogens is 3. The number of amides is 3. The molecule has 3 aromatic carbocycles. The van der Waals surface area contributed by atoms with E-state index in [0.717, 1.165) is 0 Å². The Bertz CT molecular complexity index is 1590. The second kappa shape index (κ2) is 9.22. The quantitative estimate of drug-likeness (QED) is 0.403. The van der Waals surface area contributed by atoms with Crippen molar-refractivity contribution >= 4 is 34.9 Å². The zero-order chi connectivity index (χ0) is 27.5. The molecule has 0 radical (unpaired) electrons. The maximum Gasteiger partial charge on any atom is 0.326 e. The van der Waals surface area contributed by atoms with Gasteiger partial charge in [0.05, 0.1) is 47.1 Å². The normalized spacial score (nSPS) is 20.1. The van der Waals surface area contributed by atoms with Gasteiger partial charge in [0.1, 0.15) is 24.0 Å². The Labute approximate surface area is 226 Å². The van der Waals surface area contributed by atoms with E-state index in [-0.39, 0.29) is 40.7 Å². The number of aliphatic hydroxyl groups excluding tert-OH is 1. The summed E-state index contributed by atoms with van der Waals surface area (Å²) in [6, 6.07) is 11.3. The van der Waals surface area contributed by atoms with Crippen LogP contribution in [0, 0.1) is 28.4 Å². The molecule has 3 N–H and O–H groups in total. The Morgan fingerprint density at radius 2 is 1.90 bits per heavy atom. The van der Waals surface area contributed by atoms with Crippen LogP contribution in [0.2, 0.25) is 5.02 Å². The van der Waals surface area contributed by atoms with Gasteiger partial charge in [-0.1, -0.05) is 11.6 Å². The smallest absolute Gasteiger partial charge is 0.326 e. The molecule has 2 aliphatic heterocycles. The topological polar surface area (TPSA) is 115 Å². The maximum atomic E-state index is 14.2. The number of aliphatic hydroxyl groups is 1. The standard InChI is InChI=1S/C28H21ClF2N4O4/c29-20-3-1-14(30)7-17(20)25-24-19(26(37)34-25)9-16(39-13-28(12-32)5-6-28)10-21(24)33-27(38)35-11-23(36)18-8-15(31)2-4-22(18)35/h1-4,7-10,23,25,36H,5-6,11,13H2,(H,33,38)(H,34,37). The van der Waals surface area contributed by atoms with Gasteiger partial charge >= 0.3 is 6.03 Å². The fourth-order valence-corrected chi connectivity index (χ4v) is 5.23. The number of anilines is 2. The van der Waals surface area contributed by atoms with Gasteiger partial charge in [0.25, 0.3) is 5.91 Å². The molecule has 11 heteroatoms. The molecule has 0 spiro atoms. The van der Waals surface area contributed by atoms with E-state index in [9.17, 15) is 28.7 Å². The van der Waals surface area contributed by atoms with Crippen LogP contribution in [-0.4, -0.2) is 30.2 Å². The highest BCUT2D eigenvalue weighted by Crippen LogP contribution is 2.46. The average molecular weight is 551 g/mol. The summed E-state index contributed by atoms with van der Waals surface area (Å²) in [6.07, 6.45) is 0.330. The van der Waals surface area contributed by atoms with Crippen molar-refractivity contribution in [2.45, 2.75) is 25.0 Å². The third-order valence-electron chi connectivity index (χ3n) is 7.32. The zero-order valence-corrected chi connectivity index (χ0v) is 21.1. The number of nitriles is 1. The molecule has 3 amide bonds. The number of nitrogens with one attached hydrogen (secondary N) is 2. The van der Waals surface area contributed by atoms with Crippen LogP contribution in [0.4, 0.5) is 25.0 Å². The molecule has 3 aliphatic rings. The number of carbonyl (C=O) groups is 2. The second-order valence-corrected chi connectivity index (χ2v) is 10.4. The lowest BCUT2D eigenvalue weighted by atomic mass is 9.96. The van der Waals surface area contributed by atoms with E-state index in [1.165, 1.54) is 53.4 Å². The summed E-state index contributed by atoms with van der Waals surface area (Å²) in [5.74, 6) is -1.31. The van der Waals surface area contributed by atoms with E-state index in [4.69, 9.17) is 16.3 Å². The van der Waals surface area contributed by atoms with Crippen LogP contribution in [0.25, 0.3) is 0 Å². The van der Waals surface area contributed by atoms with Crippen molar-refractivity contribution in [3.63, 3.8) is 0 Å². The fraction of sp³-hybridized carbons (Fsp3) is 0.250. The Morgan fingerprint density at radius 3 is 2.62 bits per heavy atom. The lowest BCUT2D eigenvalue weighted by Crippen LogP contribution is -2.34. The molecule has 0 aromatic heterocycles. The molecule has 2 heterocycles. The fourth-order valence-electron chi connectivity index (χ4n) is 5.01. The molecule has 198 valence electrons. The number of rotatable bonds is 5. The third-order valence-corrected chi connectivity index (χ3v) is 7.66. The van der Waals surface area contributed by atoms with Gasteiger partial charge in [0.15, 0.2) is 0 Å². The zero-order valence-electron chi connectivity index (χ0n) is 20.3. The van der Waals surface area contributed by atoms with E-state index < -0.39 is 41.1 Å². The van der Waals surface area contributed by atoms with Crippen LogP contribution < -0.4 is 20.3 Å². The number of hydrogen-bond acceptors (Lipinski definition) is 5. The van der Waals surface area contributed by atoms with E-state index in [1.807, 2.05) is 0 Å². The molecule has 0 saturated heterocycles. The van der Waals surface area contributed by atoms with Gasteiger partial charge in [-0.3, -0.25) is 9.69 Å². The van der Waals surface area contributed by atoms with Crippen LogP contribution in [0.5, 0.6) is 5.75 Å². The van der Waals surface area contributed by atoms with Gasteiger partial charge < -0.3 is 20.5 Å². The van der Waals surface area contributed by atoms with Gasteiger partial charge in [0, 0.05) is 27.8 Å². The van der Waals surface area contributed by atoms with E-state index >= 15 is 0 Å². The molecular formula is C28H21ClF2N4O4. The number of hydrogen-bond donors (Lipinski definition) is 3. The van der Waals surface area contributed by atoms with Crippen LogP contribution in [0.15, 0.2) is 48.5 Å². The molecule has 1 fully saturated rings. The number of nitrogens with zero attached hydrogens (tertiary/aromatic N) is 2. The van der Waals surface area contributed by atoms with Crippen molar-refractivity contribution in [1.82, 2.24) is 5.32 Å². The minimum absolute atomic E-state index is 0.107. The molecular weight excluding hydrogens is 530 g/mol. The van der Waals surface area contributed by atoms with Crippen LogP contribution >= 0.6 is 11.6 Å². The van der Waals surface area contributed by atoms with Crippen molar-refractivity contribution in [3.05, 3.63) is 87.4 Å². The first-order valence-electron chi connectivity index (χ1n) is 12.2. The Balaban J connectivity index is 1.40. The third kappa shape index (κ3) is 4.43. The summed E-state index contributed by atoms with van der Waals surface area (Å²) in [5.41, 5.74) is 1.09. The molecule has 0 bridgehead atoms. The summed E-state index contributed by atoms with van der Waals surface area (Å²) >= 11 is 6.36. The van der Waals surface area contributed by atoms with Gasteiger partial charge in [-0.2, -0.15) is 5.26 Å². The SMILES string of the molecule is N#CC1(COc2cc(NC(=O)N3CC(O)c4cc(F)ccc43)c3c(c2)C(=O)NC3c2cc(F)ccc2Cl)CC1. The van der Waals surface area contributed by atoms with Gasteiger partial charge in [-0.15, -0.1) is 0 Å². The lowest BCUT2D eigenvalue weighted by molar-refractivity contribution is 0.0960. The monoisotopic (exact) mass is 550 g/mol. The van der Waals surface area contributed by atoms with E-state index in [0.29, 0.717) is 29.7 Å². The largest absolute Gasteiger partial charge is 0.492 e. The lowest BCUT2D eigenvalue weighted by Gasteiger charge is -2.22. The first-order chi connectivity index (χ1) is 18.7. The summed E-state index contributed by atoms with van der Waals surface area (Å²) < 4.78 is 33.8. The molecule has 6 rings (SSSR count). The number of fused-ring (bicyclic) bond motifs is 2. The van der Waals surface area contributed by atoms with E-state index in [1.54, 1.807) is 0 Å². The Kier molecular flexibility index (Phi) is 5.93. The molecule has 1 aliphatic carbocycles. The van der Waals surface area contributed by atoms with Crippen molar-refractivity contribution in [2.24, 2.45) is 5.41 Å². The number of carbonyl (C=O) groups excluding carboxylic acids is 2. The summed E-state index contributed by atoms with van der Waals surface area (Å²) in [5, 5.41) is 25.6. The Morgan fingerprint density at radius 1 is 1.18 bits per heavy atom. The molecule has 1 saturated carbocycles. The summed E-state index contributed by atoms with van der Waals surface area (Å²) in [6.45, 7) is 0.0116. The highest BCUT2D eigenvalue weighted by atomic mass is 35.5. The number of ether oxygens (including phenoxy) is 1. The summed E-state index contributed by atoms with van der Waals surface area (Å²) in [7, 11) is 0. The summed E-state index contributed by atoms with van der Waals surface area (Å²) in [4.78, 5) is 27.8. The molecule has 39 heavy (non-hydrogen) atoms. The van der Waals surface area contributed by atoms with Crippen molar-refractivity contribution < 1.29 is 28.2 Å². The number of benzene rings is 3. The molecule has 3 aromatic rings. The predicted octanol–water partition coefficient (Wildman–Crippen LogP) is 5.22. The van der Waals surface area contributed by atoms with Crippen molar-refractivity contribution in [1.29, 1.82) is 5.26 Å². The number of β-amino-alcohol motifs (C(OH)–C–C–N with tert-alkyl or cyclic N) is 1. The predicted molar refractivity (Wildman–Crippen MR) is 138 cm³/mol. The maximum absolute atomic E-state index is 14.2. The Hall–Kier alpha value is -4.20. The minimum Gasteiger partial charge on any atom is -0.492 e. The van der Waals surface area contributed by atoms with Crippen LogP contribution in [0.3, 0.4) is 0 Å². The first kappa shape index (κ1) is 25.1. The van der Waals surface area contributed by atoms with Crippen molar-refractivity contribution in [2.75, 3.05) is 23.4 Å². The van der Waals surface area contributed by atoms with Gasteiger partial charge in [-0.25, -0.2) is 13.6 Å². The number of urea groups is 1.